The van der Waals surface area contributed by atoms with Crippen molar-refractivity contribution >= 4 is 39.1 Å². The summed E-state index contributed by atoms with van der Waals surface area (Å²) in [6.45, 7) is 2.97. The van der Waals surface area contributed by atoms with Crippen LogP contribution in [0.1, 0.15) is 71.1 Å². The zero-order valence-electron chi connectivity index (χ0n) is 20.4. The van der Waals surface area contributed by atoms with Crippen LogP contribution in [0.15, 0.2) is 0 Å². The van der Waals surface area contributed by atoms with Crippen LogP contribution in [0.5, 0.6) is 0 Å². The van der Waals surface area contributed by atoms with Crippen LogP contribution in [0.2, 0.25) is 0 Å². The largest absolute Gasteiger partial charge is 0.379 e. The summed E-state index contributed by atoms with van der Waals surface area (Å²) in [5.74, 6) is -0.589. The molecule has 1 saturated heterocycles. The fraction of sp³-hybridized carbons (Fsp3) is 0.958. The summed E-state index contributed by atoms with van der Waals surface area (Å²) in [7, 11) is -3.65. The van der Waals surface area contributed by atoms with Gasteiger partial charge in [0.1, 0.15) is 6.17 Å². The van der Waals surface area contributed by atoms with E-state index in [1.807, 2.05) is 6.92 Å². The first-order valence-corrected chi connectivity index (χ1v) is 15.5. The van der Waals surface area contributed by atoms with Crippen molar-refractivity contribution in [1.29, 1.82) is 0 Å². The molecule has 1 aliphatic heterocycles. The Morgan fingerprint density at radius 3 is 2.43 bits per heavy atom. The Labute approximate surface area is 218 Å². The van der Waals surface area contributed by atoms with E-state index in [1.165, 1.54) is 0 Å². The van der Waals surface area contributed by atoms with Crippen LogP contribution in [0.25, 0.3) is 0 Å². The number of rotatable bonds is 7. The Balaban J connectivity index is 1.48. The molecule has 0 spiro atoms. The number of hydrogen-bond acceptors (Lipinski definition) is 5. The maximum atomic E-state index is 13.8. The summed E-state index contributed by atoms with van der Waals surface area (Å²) in [6.07, 6.45) is 3.97. The summed E-state index contributed by atoms with van der Waals surface area (Å²) in [5, 5.41) is 1.97. The molecule has 0 radical (unpaired) electrons. The predicted octanol–water partition coefficient (Wildman–Crippen LogP) is 3.76. The number of morpholine rings is 1. The van der Waals surface area contributed by atoms with Gasteiger partial charge in [-0.15, -0.1) is 23.2 Å². The second-order valence-electron chi connectivity index (χ2n) is 10.5. The van der Waals surface area contributed by atoms with E-state index in [9.17, 15) is 17.6 Å². The molecule has 4 fully saturated rings. The van der Waals surface area contributed by atoms with Crippen molar-refractivity contribution in [2.45, 2.75) is 118 Å². The van der Waals surface area contributed by atoms with Gasteiger partial charge in [-0.25, -0.2) is 12.8 Å². The van der Waals surface area contributed by atoms with Crippen molar-refractivity contribution in [1.82, 2.24) is 9.62 Å². The van der Waals surface area contributed by atoms with Gasteiger partial charge in [0.2, 0.25) is 15.9 Å². The van der Waals surface area contributed by atoms with Gasteiger partial charge in [0.15, 0.2) is 0 Å². The lowest BCUT2D eigenvalue weighted by molar-refractivity contribution is -0.138. The number of hydrogen-bond donors (Lipinski definition) is 1. The molecular formula is C24H39Cl2FN2O5S. The van der Waals surface area contributed by atoms with E-state index in [2.05, 4.69) is 5.32 Å². The number of nitrogens with one attached hydrogen (secondary N) is 1. The normalized spacial score (nSPS) is 41.2. The summed E-state index contributed by atoms with van der Waals surface area (Å²) < 4.78 is 54.7. The van der Waals surface area contributed by atoms with Crippen molar-refractivity contribution < 1.29 is 27.1 Å². The first kappa shape index (κ1) is 27.8. The minimum atomic E-state index is -3.65. The standard InChI is InChI=1S/C24H39Cl2FN2O5S/c1-2-33-14-17-13-29(35(31,32)18-9-6-15(27)7-10-18)21-12-16(8-11-22(21)34-17)28-24(30)23-19(25)4-3-5-20(23)26/h15-23H,2-14H2,1H3,(H,28,30). The van der Waals surface area contributed by atoms with Gasteiger partial charge in [-0.1, -0.05) is 6.42 Å². The highest BCUT2D eigenvalue weighted by atomic mass is 35.5. The van der Waals surface area contributed by atoms with Crippen LogP contribution in [0.3, 0.4) is 0 Å². The molecule has 1 amide bonds. The van der Waals surface area contributed by atoms with E-state index < -0.39 is 27.4 Å². The lowest BCUT2D eigenvalue weighted by Crippen LogP contribution is -2.63. The molecular weight excluding hydrogens is 518 g/mol. The molecule has 35 heavy (non-hydrogen) atoms. The second kappa shape index (κ2) is 12.1. The molecule has 3 aliphatic carbocycles. The monoisotopic (exact) mass is 556 g/mol. The molecule has 7 nitrogen and oxygen atoms in total. The maximum Gasteiger partial charge on any atom is 0.226 e. The lowest BCUT2D eigenvalue weighted by Gasteiger charge is -2.49. The number of carbonyl (C=O) groups excluding carboxylic acids is 1. The average molecular weight is 558 g/mol. The third kappa shape index (κ3) is 6.45. The zero-order chi connectivity index (χ0) is 25.2. The highest BCUT2D eigenvalue weighted by Gasteiger charge is 2.49. The fourth-order valence-corrected chi connectivity index (χ4v) is 9.39. The summed E-state index contributed by atoms with van der Waals surface area (Å²) in [6, 6.07) is -0.547. The number of amides is 1. The number of ether oxygens (including phenoxy) is 2. The summed E-state index contributed by atoms with van der Waals surface area (Å²) in [4.78, 5) is 13.1. The van der Waals surface area contributed by atoms with Crippen LogP contribution in [0, 0.1) is 5.92 Å². The van der Waals surface area contributed by atoms with Gasteiger partial charge in [-0.05, 0) is 64.7 Å². The summed E-state index contributed by atoms with van der Waals surface area (Å²) in [5.41, 5.74) is 0. The topological polar surface area (TPSA) is 84.9 Å². The molecule has 0 bridgehead atoms. The van der Waals surface area contributed by atoms with Crippen molar-refractivity contribution in [2.24, 2.45) is 5.92 Å². The van der Waals surface area contributed by atoms with Crippen LogP contribution < -0.4 is 5.32 Å². The number of nitrogens with zero attached hydrogens (tertiary/aromatic N) is 1. The summed E-state index contributed by atoms with van der Waals surface area (Å²) >= 11 is 12.9. The molecule has 4 aliphatic rings. The van der Waals surface area contributed by atoms with Gasteiger partial charge in [0.25, 0.3) is 0 Å². The Kier molecular flexibility index (Phi) is 9.63. The molecule has 11 heteroatoms. The van der Waals surface area contributed by atoms with Gasteiger partial charge < -0.3 is 14.8 Å². The van der Waals surface area contributed by atoms with E-state index in [4.69, 9.17) is 32.7 Å². The minimum Gasteiger partial charge on any atom is -0.379 e. The highest BCUT2D eigenvalue weighted by molar-refractivity contribution is 7.89. The quantitative estimate of drug-likeness (QED) is 0.482. The maximum absolute atomic E-state index is 13.8. The average Bonchev–Trinajstić information content (AvgIpc) is 2.82. The van der Waals surface area contributed by atoms with Gasteiger partial charge in [0.05, 0.1) is 36.0 Å². The molecule has 1 heterocycles. The van der Waals surface area contributed by atoms with Gasteiger partial charge in [-0.3, -0.25) is 4.79 Å². The molecule has 202 valence electrons. The van der Waals surface area contributed by atoms with Crippen LogP contribution in [0.4, 0.5) is 4.39 Å². The third-order valence-corrected chi connectivity index (χ3v) is 11.5. The highest BCUT2D eigenvalue weighted by Crippen LogP contribution is 2.38. The molecule has 0 aromatic carbocycles. The molecule has 6 atom stereocenters. The smallest absolute Gasteiger partial charge is 0.226 e. The first-order chi connectivity index (χ1) is 16.7. The van der Waals surface area contributed by atoms with Crippen molar-refractivity contribution in [3.8, 4) is 0 Å². The van der Waals surface area contributed by atoms with Gasteiger partial charge in [-0.2, -0.15) is 4.31 Å². The Bertz CT molecular complexity index is 819. The number of alkyl halides is 3. The van der Waals surface area contributed by atoms with Gasteiger partial charge in [0, 0.05) is 29.9 Å². The van der Waals surface area contributed by atoms with Crippen molar-refractivity contribution in [2.75, 3.05) is 19.8 Å². The van der Waals surface area contributed by atoms with E-state index in [0.29, 0.717) is 45.3 Å². The SMILES string of the molecule is CCOCC1CN(S(=O)(=O)C2CCC(F)CC2)C2CC(NC(=O)C3C(Cl)CCCC3Cl)CCC2O1. The minimum absolute atomic E-state index is 0.144. The number of fused-ring (bicyclic) bond motifs is 1. The van der Waals surface area contributed by atoms with E-state index in [0.717, 1.165) is 19.3 Å². The Hall–Kier alpha value is -0.190. The van der Waals surface area contributed by atoms with Crippen molar-refractivity contribution in [3.05, 3.63) is 0 Å². The van der Waals surface area contributed by atoms with Gasteiger partial charge >= 0.3 is 0 Å². The Morgan fingerprint density at radius 1 is 1.09 bits per heavy atom. The molecule has 4 rings (SSSR count). The number of sulfonamides is 1. The van der Waals surface area contributed by atoms with Crippen LogP contribution in [-0.4, -0.2) is 84.9 Å². The lowest BCUT2D eigenvalue weighted by atomic mass is 9.84. The molecule has 0 aromatic heterocycles. The van der Waals surface area contributed by atoms with Crippen LogP contribution >= 0.6 is 23.2 Å². The molecule has 6 unspecified atom stereocenters. The molecule has 0 aromatic rings. The third-order valence-electron chi connectivity index (χ3n) is 8.12. The first-order valence-electron chi connectivity index (χ1n) is 13.2. The fourth-order valence-electron chi connectivity index (χ4n) is 6.20. The van der Waals surface area contributed by atoms with E-state index in [1.54, 1.807) is 4.31 Å². The zero-order valence-corrected chi connectivity index (χ0v) is 22.7. The second-order valence-corrected chi connectivity index (χ2v) is 13.8. The van der Waals surface area contributed by atoms with Crippen LogP contribution in [-0.2, 0) is 24.3 Å². The number of halogens is 3. The van der Waals surface area contributed by atoms with Crippen molar-refractivity contribution in [3.63, 3.8) is 0 Å². The Morgan fingerprint density at radius 2 is 1.77 bits per heavy atom. The predicted molar refractivity (Wildman–Crippen MR) is 134 cm³/mol. The van der Waals surface area contributed by atoms with E-state index >= 15 is 0 Å². The number of carbonyl (C=O) groups is 1. The molecule has 1 N–H and O–H groups in total. The molecule has 3 saturated carbocycles. The van der Waals surface area contributed by atoms with E-state index in [-0.39, 0.29) is 60.3 Å².